The van der Waals surface area contributed by atoms with Gasteiger partial charge in [-0.05, 0) is 12.5 Å². The van der Waals surface area contributed by atoms with E-state index in [1.807, 2.05) is 37.3 Å². The molecule has 2 heterocycles. The molecule has 4 heteroatoms. The predicted octanol–water partition coefficient (Wildman–Crippen LogP) is 1.69. The van der Waals surface area contributed by atoms with E-state index in [1.165, 1.54) is 0 Å². The molecule has 4 nitrogen and oxygen atoms in total. The normalized spacial score (nSPS) is 35.4. The Morgan fingerprint density at radius 3 is 2.76 bits per heavy atom. The fourth-order valence-corrected chi connectivity index (χ4v) is 2.07. The Labute approximate surface area is 100 Å². The topological polar surface area (TPSA) is 40.2 Å². The van der Waals surface area contributed by atoms with E-state index in [4.69, 9.17) is 19.2 Å². The van der Waals surface area contributed by atoms with Crippen LogP contribution in [0.5, 0.6) is 0 Å². The number of epoxide rings is 1. The molecule has 17 heavy (non-hydrogen) atoms. The third kappa shape index (κ3) is 2.50. The zero-order valence-corrected chi connectivity index (χ0v) is 9.74. The van der Waals surface area contributed by atoms with Crippen molar-refractivity contribution < 1.29 is 19.2 Å². The lowest BCUT2D eigenvalue weighted by Gasteiger charge is -2.21. The van der Waals surface area contributed by atoms with Gasteiger partial charge in [-0.1, -0.05) is 30.3 Å². The molecule has 1 aromatic carbocycles. The maximum absolute atomic E-state index is 5.61. The van der Waals surface area contributed by atoms with Crippen LogP contribution in [0.3, 0.4) is 0 Å². The first-order valence-corrected chi connectivity index (χ1v) is 5.94. The van der Waals surface area contributed by atoms with E-state index in [-0.39, 0.29) is 24.4 Å². The minimum absolute atomic E-state index is 0.0328. The van der Waals surface area contributed by atoms with Crippen LogP contribution in [-0.4, -0.2) is 31.0 Å². The van der Waals surface area contributed by atoms with Crippen LogP contribution in [0, 0.1) is 0 Å². The highest BCUT2D eigenvalue weighted by Crippen LogP contribution is 2.36. The molecule has 0 bridgehead atoms. The summed E-state index contributed by atoms with van der Waals surface area (Å²) < 4.78 is 11.1. The highest BCUT2D eigenvalue weighted by molar-refractivity contribution is 5.13. The van der Waals surface area contributed by atoms with Gasteiger partial charge in [0.05, 0.1) is 13.2 Å². The van der Waals surface area contributed by atoms with Gasteiger partial charge in [0.2, 0.25) is 0 Å². The maximum Gasteiger partial charge on any atom is 0.145 e. The Morgan fingerprint density at radius 1 is 1.12 bits per heavy atom. The second kappa shape index (κ2) is 4.74. The second-order valence-electron chi connectivity index (χ2n) is 4.50. The van der Waals surface area contributed by atoms with E-state index in [0.29, 0.717) is 13.2 Å². The van der Waals surface area contributed by atoms with Crippen LogP contribution in [0.25, 0.3) is 0 Å². The summed E-state index contributed by atoms with van der Waals surface area (Å²) in [4.78, 5) is 10.4. The van der Waals surface area contributed by atoms with Crippen LogP contribution in [-0.2, 0) is 25.9 Å². The molecule has 1 aromatic rings. The third-order valence-corrected chi connectivity index (χ3v) is 3.12. The predicted molar refractivity (Wildman–Crippen MR) is 60.2 cm³/mol. The maximum atomic E-state index is 5.61. The SMILES string of the molecule is C[C@H]1OO[C@@H](COCc2ccccc2)[C@@H]2O[C@@H]21. The van der Waals surface area contributed by atoms with E-state index in [2.05, 4.69) is 0 Å². The van der Waals surface area contributed by atoms with Crippen molar-refractivity contribution in [2.24, 2.45) is 0 Å². The minimum atomic E-state index is -0.0973. The summed E-state index contributed by atoms with van der Waals surface area (Å²) in [5.74, 6) is 0. The minimum Gasteiger partial charge on any atom is -0.374 e. The summed E-state index contributed by atoms with van der Waals surface area (Å²) in [5.41, 5.74) is 1.16. The Hall–Kier alpha value is -0.940. The van der Waals surface area contributed by atoms with Gasteiger partial charge < -0.3 is 9.47 Å². The van der Waals surface area contributed by atoms with Gasteiger partial charge in [0.1, 0.15) is 24.4 Å². The molecule has 0 radical (unpaired) electrons. The lowest BCUT2D eigenvalue weighted by Crippen LogP contribution is -2.36. The molecule has 2 fully saturated rings. The first kappa shape index (κ1) is 11.2. The lowest BCUT2D eigenvalue weighted by atomic mass is 10.1. The van der Waals surface area contributed by atoms with Gasteiger partial charge in [-0.2, -0.15) is 0 Å². The van der Waals surface area contributed by atoms with Gasteiger partial charge in [-0.25, -0.2) is 9.78 Å². The zero-order chi connectivity index (χ0) is 11.7. The van der Waals surface area contributed by atoms with Crippen LogP contribution in [0.2, 0.25) is 0 Å². The van der Waals surface area contributed by atoms with Crippen molar-refractivity contribution in [1.29, 1.82) is 0 Å². The molecule has 2 saturated heterocycles. The molecule has 2 aliphatic heterocycles. The van der Waals surface area contributed by atoms with Crippen molar-refractivity contribution in [2.45, 2.75) is 37.9 Å². The molecule has 3 rings (SSSR count). The van der Waals surface area contributed by atoms with E-state index >= 15 is 0 Å². The highest BCUT2D eigenvalue weighted by Gasteiger charge is 2.54. The van der Waals surface area contributed by atoms with Gasteiger partial charge in [0.25, 0.3) is 0 Å². The van der Waals surface area contributed by atoms with Gasteiger partial charge in [0.15, 0.2) is 0 Å². The molecule has 4 atom stereocenters. The van der Waals surface area contributed by atoms with Crippen LogP contribution >= 0.6 is 0 Å². The number of rotatable bonds is 4. The van der Waals surface area contributed by atoms with Crippen LogP contribution < -0.4 is 0 Å². The smallest absolute Gasteiger partial charge is 0.145 e. The third-order valence-electron chi connectivity index (χ3n) is 3.12. The zero-order valence-electron chi connectivity index (χ0n) is 9.74. The first-order chi connectivity index (χ1) is 8.34. The van der Waals surface area contributed by atoms with E-state index in [9.17, 15) is 0 Å². The molecular weight excluding hydrogens is 220 g/mol. The summed E-state index contributed by atoms with van der Waals surface area (Å²) in [6, 6.07) is 10.1. The molecule has 0 unspecified atom stereocenters. The van der Waals surface area contributed by atoms with Crippen LogP contribution in [0.1, 0.15) is 12.5 Å². The Kier molecular flexibility index (Phi) is 3.11. The second-order valence-corrected chi connectivity index (χ2v) is 4.50. The van der Waals surface area contributed by atoms with Gasteiger partial charge in [-0.3, -0.25) is 0 Å². The number of benzene rings is 1. The van der Waals surface area contributed by atoms with Crippen molar-refractivity contribution in [2.75, 3.05) is 6.61 Å². The molecule has 0 N–H and O–H groups in total. The van der Waals surface area contributed by atoms with E-state index in [0.717, 1.165) is 5.56 Å². The number of hydrogen-bond acceptors (Lipinski definition) is 4. The Bertz CT molecular complexity index is 367. The molecule has 0 amide bonds. The fourth-order valence-electron chi connectivity index (χ4n) is 2.07. The standard InChI is InChI=1S/C13H16O4/c1-9-12-13(15-12)11(17-16-9)8-14-7-10-5-3-2-4-6-10/h2-6,9,11-13H,7-8H2,1H3/t9-,11+,12-,13+/m1/s1. The Morgan fingerprint density at radius 2 is 1.94 bits per heavy atom. The summed E-state index contributed by atoms with van der Waals surface area (Å²) in [6.45, 7) is 3.04. The van der Waals surface area contributed by atoms with E-state index in [1.54, 1.807) is 0 Å². The summed E-state index contributed by atoms with van der Waals surface area (Å²) in [7, 11) is 0. The monoisotopic (exact) mass is 236 g/mol. The number of ether oxygens (including phenoxy) is 2. The molecule has 2 aliphatic rings. The van der Waals surface area contributed by atoms with Crippen molar-refractivity contribution in [1.82, 2.24) is 0 Å². The number of fused-ring (bicyclic) bond motifs is 1. The molecule has 0 aromatic heterocycles. The van der Waals surface area contributed by atoms with Crippen molar-refractivity contribution in [3.05, 3.63) is 35.9 Å². The average molecular weight is 236 g/mol. The summed E-state index contributed by atoms with van der Waals surface area (Å²) in [5, 5.41) is 0. The number of hydrogen-bond donors (Lipinski definition) is 0. The largest absolute Gasteiger partial charge is 0.374 e. The molecule has 0 spiro atoms. The van der Waals surface area contributed by atoms with Gasteiger partial charge in [0, 0.05) is 0 Å². The molecule has 0 aliphatic carbocycles. The van der Waals surface area contributed by atoms with Gasteiger partial charge >= 0.3 is 0 Å². The van der Waals surface area contributed by atoms with Crippen molar-refractivity contribution in [3.8, 4) is 0 Å². The quantitative estimate of drug-likeness (QED) is 0.589. The van der Waals surface area contributed by atoms with Crippen molar-refractivity contribution >= 4 is 0 Å². The first-order valence-electron chi connectivity index (χ1n) is 5.94. The molecule has 0 saturated carbocycles. The highest BCUT2D eigenvalue weighted by atomic mass is 17.2. The average Bonchev–Trinajstić information content (AvgIpc) is 3.15. The fraction of sp³-hybridized carbons (Fsp3) is 0.538. The van der Waals surface area contributed by atoms with Gasteiger partial charge in [-0.15, -0.1) is 0 Å². The van der Waals surface area contributed by atoms with Crippen LogP contribution in [0.15, 0.2) is 30.3 Å². The molecular formula is C13H16O4. The van der Waals surface area contributed by atoms with Crippen molar-refractivity contribution in [3.63, 3.8) is 0 Å². The summed E-state index contributed by atoms with van der Waals surface area (Å²) in [6.07, 6.45) is 0.272. The van der Waals surface area contributed by atoms with E-state index < -0.39 is 0 Å². The lowest BCUT2D eigenvalue weighted by molar-refractivity contribution is -0.366. The van der Waals surface area contributed by atoms with Crippen LogP contribution in [0.4, 0.5) is 0 Å². The Balaban J connectivity index is 1.44. The molecule has 92 valence electrons. The summed E-state index contributed by atoms with van der Waals surface area (Å²) >= 11 is 0.